The summed E-state index contributed by atoms with van der Waals surface area (Å²) in [4.78, 5) is 4.58. The first kappa shape index (κ1) is 15.3. The topological polar surface area (TPSA) is 41.6 Å². The Labute approximate surface area is 147 Å². The summed E-state index contributed by atoms with van der Waals surface area (Å²) in [5, 5.41) is 7.89. The molecule has 0 saturated heterocycles. The van der Waals surface area contributed by atoms with E-state index in [4.69, 9.17) is 0 Å². The molecule has 0 radical (unpaired) electrons. The predicted molar refractivity (Wildman–Crippen MR) is 102 cm³/mol. The first-order valence-electron chi connectivity index (χ1n) is 8.36. The maximum atomic E-state index is 4.64. The summed E-state index contributed by atoms with van der Waals surface area (Å²) in [7, 11) is 0. The lowest BCUT2D eigenvalue weighted by atomic mass is 9.97. The van der Waals surface area contributed by atoms with Crippen molar-refractivity contribution in [3.63, 3.8) is 0 Å². The van der Waals surface area contributed by atoms with Gasteiger partial charge in [0.05, 0.1) is 17.0 Å². The molecule has 0 spiro atoms. The van der Waals surface area contributed by atoms with Crippen LogP contribution in [0.4, 0.5) is 0 Å². The highest BCUT2D eigenvalue weighted by atomic mass is 15.1. The van der Waals surface area contributed by atoms with E-state index in [1.54, 1.807) is 0 Å². The first-order valence-corrected chi connectivity index (χ1v) is 8.36. The van der Waals surface area contributed by atoms with Crippen molar-refractivity contribution < 1.29 is 0 Å². The minimum absolute atomic E-state index is 0.921. The van der Waals surface area contributed by atoms with E-state index in [-0.39, 0.29) is 0 Å². The molecule has 1 N–H and O–H groups in total. The molecule has 4 rings (SSSR count). The summed E-state index contributed by atoms with van der Waals surface area (Å²) in [6, 6.07) is 22.8. The average Bonchev–Trinajstić information content (AvgIpc) is 3.07. The van der Waals surface area contributed by atoms with E-state index in [0.717, 1.165) is 33.8 Å². The molecule has 0 unspecified atom stereocenters. The molecule has 25 heavy (non-hydrogen) atoms. The standard InChI is InChI=1S/C22H19N3/c1-15-7-5-9-17(13-15)21-20(19-11-3-4-12-23-19)22(25-24-21)18-10-6-8-16(2)14-18/h3-14H,1-2H3,(H,24,25). The highest BCUT2D eigenvalue weighted by Gasteiger charge is 2.19. The lowest BCUT2D eigenvalue weighted by Crippen LogP contribution is -1.88. The van der Waals surface area contributed by atoms with Crippen LogP contribution in [-0.4, -0.2) is 15.2 Å². The monoisotopic (exact) mass is 325 g/mol. The van der Waals surface area contributed by atoms with Gasteiger partial charge in [0.25, 0.3) is 0 Å². The zero-order valence-corrected chi connectivity index (χ0v) is 14.3. The molecule has 2 aromatic carbocycles. The maximum absolute atomic E-state index is 4.64. The Bertz CT molecular complexity index is 953. The Morgan fingerprint density at radius 2 is 1.48 bits per heavy atom. The molecule has 0 bridgehead atoms. The number of rotatable bonds is 3. The Kier molecular flexibility index (Phi) is 3.90. The molecule has 4 aromatic rings. The van der Waals surface area contributed by atoms with Crippen molar-refractivity contribution in [3.8, 4) is 33.8 Å². The van der Waals surface area contributed by atoms with Crippen LogP contribution in [0.25, 0.3) is 33.8 Å². The zero-order chi connectivity index (χ0) is 17.2. The van der Waals surface area contributed by atoms with Crippen molar-refractivity contribution in [1.29, 1.82) is 0 Å². The third-order valence-electron chi connectivity index (χ3n) is 4.29. The average molecular weight is 325 g/mol. The van der Waals surface area contributed by atoms with Crippen LogP contribution in [0, 0.1) is 13.8 Å². The van der Waals surface area contributed by atoms with E-state index < -0.39 is 0 Å². The van der Waals surface area contributed by atoms with E-state index in [1.807, 2.05) is 24.4 Å². The second-order valence-electron chi connectivity index (χ2n) is 6.28. The first-order chi connectivity index (χ1) is 12.2. The molecule has 2 aromatic heterocycles. The summed E-state index contributed by atoms with van der Waals surface area (Å²) in [5.74, 6) is 0. The number of hydrogen-bond donors (Lipinski definition) is 1. The van der Waals surface area contributed by atoms with Gasteiger partial charge in [0.1, 0.15) is 5.69 Å². The second kappa shape index (κ2) is 6.36. The molecule has 0 aliphatic rings. The summed E-state index contributed by atoms with van der Waals surface area (Å²) < 4.78 is 0. The molecule has 3 heteroatoms. The van der Waals surface area contributed by atoms with Gasteiger partial charge in [-0.2, -0.15) is 5.10 Å². The molecule has 0 aliphatic heterocycles. The van der Waals surface area contributed by atoms with Gasteiger partial charge in [-0.25, -0.2) is 0 Å². The smallest absolute Gasteiger partial charge is 0.102 e. The van der Waals surface area contributed by atoms with E-state index in [9.17, 15) is 0 Å². The van der Waals surface area contributed by atoms with E-state index in [1.165, 1.54) is 11.1 Å². The number of aromatic amines is 1. The third-order valence-corrected chi connectivity index (χ3v) is 4.29. The number of hydrogen-bond acceptors (Lipinski definition) is 2. The molecular weight excluding hydrogens is 306 g/mol. The fourth-order valence-corrected chi connectivity index (χ4v) is 3.11. The van der Waals surface area contributed by atoms with Gasteiger partial charge in [-0.15, -0.1) is 0 Å². The highest BCUT2D eigenvalue weighted by molar-refractivity contribution is 5.90. The van der Waals surface area contributed by atoms with Crippen LogP contribution in [-0.2, 0) is 0 Å². The van der Waals surface area contributed by atoms with Gasteiger partial charge < -0.3 is 0 Å². The quantitative estimate of drug-likeness (QED) is 0.546. The number of benzene rings is 2. The molecule has 0 fully saturated rings. The van der Waals surface area contributed by atoms with Crippen molar-refractivity contribution >= 4 is 0 Å². The fourth-order valence-electron chi connectivity index (χ4n) is 3.11. The van der Waals surface area contributed by atoms with Gasteiger partial charge in [-0.1, -0.05) is 53.6 Å². The second-order valence-corrected chi connectivity index (χ2v) is 6.28. The van der Waals surface area contributed by atoms with E-state index in [2.05, 4.69) is 77.6 Å². The molecule has 3 nitrogen and oxygen atoms in total. The van der Waals surface area contributed by atoms with Crippen LogP contribution in [0.1, 0.15) is 11.1 Å². The molecule has 0 aliphatic carbocycles. The van der Waals surface area contributed by atoms with Crippen molar-refractivity contribution in [2.24, 2.45) is 0 Å². The normalized spacial score (nSPS) is 10.8. The van der Waals surface area contributed by atoms with Crippen LogP contribution in [0.2, 0.25) is 0 Å². The van der Waals surface area contributed by atoms with Crippen LogP contribution >= 0.6 is 0 Å². The number of nitrogens with one attached hydrogen (secondary N) is 1. The molecule has 0 amide bonds. The maximum Gasteiger partial charge on any atom is 0.102 e. The SMILES string of the molecule is Cc1cccc(-c2n[nH]c(-c3cccc(C)c3)c2-c2ccccn2)c1. The number of nitrogens with zero attached hydrogens (tertiary/aromatic N) is 2. The van der Waals surface area contributed by atoms with Crippen LogP contribution in [0.5, 0.6) is 0 Å². The third kappa shape index (κ3) is 2.96. The minimum atomic E-state index is 0.921. The minimum Gasteiger partial charge on any atom is -0.277 e. The molecule has 0 atom stereocenters. The summed E-state index contributed by atoms with van der Waals surface area (Å²) in [6.07, 6.45) is 1.82. The Morgan fingerprint density at radius 1 is 0.760 bits per heavy atom. The zero-order valence-electron chi connectivity index (χ0n) is 14.3. The molecule has 2 heterocycles. The Morgan fingerprint density at radius 3 is 2.16 bits per heavy atom. The van der Waals surface area contributed by atoms with Crippen LogP contribution in [0.15, 0.2) is 72.9 Å². The fraction of sp³-hybridized carbons (Fsp3) is 0.0909. The number of aromatic nitrogens is 3. The van der Waals surface area contributed by atoms with Crippen molar-refractivity contribution in [2.75, 3.05) is 0 Å². The lowest BCUT2D eigenvalue weighted by molar-refractivity contribution is 1.10. The summed E-state index contributed by atoms with van der Waals surface area (Å²) in [6.45, 7) is 4.19. The molecule has 0 saturated carbocycles. The van der Waals surface area contributed by atoms with Crippen LogP contribution in [0.3, 0.4) is 0 Å². The predicted octanol–water partition coefficient (Wildman–Crippen LogP) is 5.42. The van der Waals surface area contributed by atoms with Gasteiger partial charge in [0.2, 0.25) is 0 Å². The van der Waals surface area contributed by atoms with Gasteiger partial charge in [-0.05, 0) is 38.1 Å². The van der Waals surface area contributed by atoms with Gasteiger partial charge in [0, 0.05) is 17.3 Å². The molecular formula is C22H19N3. The van der Waals surface area contributed by atoms with Crippen molar-refractivity contribution in [1.82, 2.24) is 15.2 Å². The number of aryl methyl sites for hydroxylation is 2. The van der Waals surface area contributed by atoms with Gasteiger partial charge >= 0.3 is 0 Å². The number of pyridine rings is 1. The summed E-state index contributed by atoms with van der Waals surface area (Å²) in [5.41, 5.74) is 8.53. The van der Waals surface area contributed by atoms with E-state index >= 15 is 0 Å². The lowest BCUT2D eigenvalue weighted by Gasteiger charge is -2.07. The van der Waals surface area contributed by atoms with Crippen LogP contribution < -0.4 is 0 Å². The summed E-state index contributed by atoms with van der Waals surface area (Å²) >= 11 is 0. The largest absolute Gasteiger partial charge is 0.277 e. The highest BCUT2D eigenvalue weighted by Crippen LogP contribution is 2.37. The number of H-pyrrole nitrogens is 1. The van der Waals surface area contributed by atoms with Crippen molar-refractivity contribution in [3.05, 3.63) is 84.1 Å². The Hall–Kier alpha value is -3.20. The Balaban J connectivity index is 1.97. The van der Waals surface area contributed by atoms with Crippen molar-refractivity contribution in [2.45, 2.75) is 13.8 Å². The molecule has 122 valence electrons. The van der Waals surface area contributed by atoms with Gasteiger partial charge in [-0.3, -0.25) is 10.1 Å². The van der Waals surface area contributed by atoms with E-state index in [0.29, 0.717) is 0 Å². The van der Waals surface area contributed by atoms with Gasteiger partial charge in [0.15, 0.2) is 0 Å².